The van der Waals surface area contributed by atoms with E-state index < -0.39 is 21.7 Å². The number of nitrogens with zero attached hydrogens (tertiary/aromatic N) is 2. The zero-order valence-corrected chi connectivity index (χ0v) is 18.9. The molecule has 0 saturated heterocycles. The average Bonchev–Trinajstić information content (AvgIpc) is 3.26. The van der Waals surface area contributed by atoms with E-state index in [0.717, 1.165) is 11.8 Å². The highest BCUT2D eigenvalue weighted by molar-refractivity contribution is 7.91. The Hall–Kier alpha value is -3.31. The second-order valence-electron chi connectivity index (χ2n) is 7.09. The van der Waals surface area contributed by atoms with Crippen LogP contribution in [0.15, 0.2) is 52.3 Å². The summed E-state index contributed by atoms with van der Waals surface area (Å²) < 4.78 is 31.3. The number of pyridine rings is 2. The number of rotatable bonds is 9. The summed E-state index contributed by atoms with van der Waals surface area (Å²) >= 11 is 1.48. The highest BCUT2D eigenvalue weighted by Crippen LogP contribution is 2.21. The van der Waals surface area contributed by atoms with E-state index in [4.69, 9.17) is 9.84 Å². The third kappa shape index (κ3) is 6.11. The minimum Gasteiger partial charge on any atom is -0.478 e. The predicted molar refractivity (Wildman–Crippen MR) is 119 cm³/mol. The van der Waals surface area contributed by atoms with Gasteiger partial charge >= 0.3 is 5.97 Å². The lowest BCUT2D eigenvalue weighted by molar-refractivity contribution is 0.0696. The fourth-order valence-corrected chi connectivity index (χ4v) is 4.60. The lowest BCUT2D eigenvalue weighted by atomic mass is 10.2. The van der Waals surface area contributed by atoms with Crippen molar-refractivity contribution in [2.75, 3.05) is 11.1 Å². The summed E-state index contributed by atoms with van der Waals surface area (Å²) in [7, 11) is -3.79. The van der Waals surface area contributed by atoms with Crippen molar-refractivity contribution in [2.24, 2.45) is 0 Å². The zero-order valence-electron chi connectivity index (χ0n) is 17.3. The van der Waals surface area contributed by atoms with Gasteiger partial charge in [-0.15, -0.1) is 0 Å². The molecule has 0 atom stereocenters. The van der Waals surface area contributed by atoms with Gasteiger partial charge in [-0.1, -0.05) is 0 Å². The molecule has 0 aliphatic rings. The molecule has 0 radical (unpaired) electrons. The smallest absolute Gasteiger partial charge is 0.337 e. The Morgan fingerprint density at radius 3 is 2.56 bits per heavy atom. The van der Waals surface area contributed by atoms with Gasteiger partial charge in [-0.3, -0.25) is 4.79 Å². The largest absolute Gasteiger partial charge is 0.478 e. The number of ether oxygens (including phenoxy) is 1. The molecular formula is C21H21N3O6S2. The van der Waals surface area contributed by atoms with Crippen LogP contribution in [0.1, 0.15) is 40.1 Å². The van der Waals surface area contributed by atoms with Gasteiger partial charge in [0.05, 0.1) is 17.4 Å². The quantitative estimate of drug-likeness (QED) is 0.481. The minimum atomic E-state index is -3.79. The molecule has 0 aromatic carbocycles. The van der Waals surface area contributed by atoms with Crippen LogP contribution >= 0.6 is 11.3 Å². The second-order valence-corrected chi connectivity index (χ2v) is 9.93. The maximum atomic E-state index is 12.9. The third-order valence-electron chi connectivity index (χ3n) is 4.21. The number of sulfone groups is 1. The molecule has 1 amide bonds. The van der Waals surface area contributed by atoms with E-state index in [-0.39, 0.29) is 39.7 Å². The Labute approximate surface area is 189 Å². The molecular weight excluding hydrogens is 454 g/mol. The van der Waals surface area contributed by atoms with Gasteiger partial charge < -0.3 is 15.2 Å². The number of anilines is 1. The Balaban J connectivity index is 1.87. The average molecular weight is 476 g/mol. The molecule has 0 spiro atoms. The molecule has 3 aromatic heterocycles. The maximum absolute atomic E-state index is 12.9. The van der Waals surface area contributed by atoms with Crippen LogP contribution in [0.25, 0.3) is 0 Å². The highest BCUT2D eigenvalue weighted by Gasteiger charge is 2.21. The van der Waals surface area contributed by atoms with Crippen molar-refractivity contribution < 1.29 is 27.9 Å². The van der Waals surface area contributed by atoms with E-state index in [1.165, 1.54) is 35.6 Å². The van der Waals surface area contributed by atoms with Crippen LogP contribution < -0.4 is 10.1 Å². The second kappa shape index (κ2) is 9.88. The van der Waals surface area contributed by atoms with Gasteiger partial charge in [0, 0.05) is 17.8 Å². The summed E-state index contributed by atoms with van der Waals surface area (Å²) in [5.41, 5.74) is 0.898. The van der Waals surface area contributed by atoms with Crippen molar-refractivity contribution in [2.45, 2.75) is 31.4 Å². The number of carboxylic acid groups (broad SMARTS) is 1. The number of thiophene rings is 1. The number of aryl methyl sites for hydroxylation is 1. The summed E-state index contributed by atoms with van der Waals surface area (Å²) in [6, 6.07) is 7.03. The molecule has 9 nitrogen and oxygen atoms in total. The maximum Gasteiger partial charge on any atom is 0.337 e. The number of carboxylic acids is 1. The van der Waals surface area contributed by atoms with Crippen LogP contribution in [0.4, 0.5) is 5.82 Å². The number of aromatic nitrogens is 2. The number of nitrogens with one attached hydrogen (secondary N) is 1. The fraction of sp³-hybridized carbons (Fsp3) is 0.238. The number of amides is 1. The molecule has 0 bridgehead atoms. The van der Waals surface area contributed by atoms with Crippen molar-refractivity contribution in [1.29, 1.82) is 0 Å². The topological polar surface area (TPSA) is 136 Å². The summed E-state index contributed by atoms with van der Waals surface area (Å²) in [6.45, 7) is 3.51. The first-order valence-electron chi connectivity index (χ1n) is 9.57. The van der Waals surface area contributed by atoms with Crippen LogP contribution in [0.5, 0.6) is 5.88 Å². The molecule has 3 heterocycles. The Bertz CT molecular complexity index is 1210. The van der Waals surface area contributed by atoms with Crippen molar-refractivity contribution in [3.05, 3.63) is 64.0 Å². The number of hydrogen-bond acceptors (Lipinski definition) is 8. The minimum absolute atomic E-state index is 0.0101. The van der Waals surface area contributed by atoms with Gasteiger partial charge in [-0.2, -0.15) is 11.3 Å². The van der Waals surface area contributed by atoms with Crippen molar-refractivity contribution in [3.8, 4) is 5.88 Å². The van der Waals surface area contributed by atoms with Crippen molar-refractivity contribution in [3.63, 3.8) is 0 Å². The summed E-state index contributed by atoms with van der Waals surface area (Å²) in [5.74, 6) is -1.81. The molecule has 0 saturated carbocycles. The highest BCUT2D eigenvalue weighted by atomic mass is 32.2. The Kier molecular flexibility index (Phi) is 7.21. The van der Waals surface area contributed by atoms with Crippen LogP contribution in [0.3, 0.4) is 0 Å². The predicted octanol–water partition coefficient (Wildman–Crippen LogP) is 3.29. The van der Waals surface area contributed by atoms with Crippen LogP contribution in [-0.2, 0) is 16.3 Å². The van der Waals surface area contributed by atoms with Gasteiger partial charge in [0.1, 0.15) is 5.82 Å². The van der Waals surface area contributed by atoms with Crippen LogP contribution in [0, 0.1) is 0 Å². The van der Waals surface area contributed by atoms with Crippen molar-refractivity contribution in [1.82, 2.24) is 9.97 Å². The van der Waals surface area contributed by atoms with Crippen LogP contribution in [0.2, 0.25) is 0 Å². The Morgan fingerprint density at radius 1 is 1.19 bits per heavy atom. The van der Waals surface area contributed by atoms with E-state index in [2.05, 4.69) is 15.3 Å². The first-order valence-corrected chi connectivity index (χ1v) is 12.2. The summed E-state index contributed by atoms with van der Waals surface area (Å²) in [4.78, 5) is 31.7. The first-order chi connectivity index (χ1) is 15.1. The van der Waals surface area contributed by atoms with Crippen LogP contribution in [-0.4, -0.2) is 47.2 Å². The third-order valence-corrected chi connectivity index (χ3v) is 6.53. The lowest BCUT2D eigenvalue weighted by Gasteiger charge is -2.13. The molecule has 168 valence electrons. The molecule has 11 heteroatoms. The van der Waals surface area contributed by atoms with E-state index in [0.29, 0.717) is 6.42 Å². The number of aromatic carboxylic acids is 1. The summed E-state index contributed by atoms with van der Waals surface area (Å²) in [5, 5.41) is 15.0. The lowest BCUT2D eigenvalue weighted by Crippen LogP contribution is -2.18. The van der Waals surface area contributed by atoms with Gasteiger partial charge in [-0.25, -0.2) is 23.2 Å². The normalized spacial score (nSPS) is 11.3. The van der Waals surface area contributed by atoms with Gasteiger partial charge in [0.25, 0.3) is 5.91 Å². The molecule has 32 heavy (non-hydrogen) atoms. The fourth-order valence-electron chi connectivity index (χ4n) is 2.65. The molecule has 0 aliphatic carbocycles. The molecule has 2 N–H and O–H groups in total. The van der Waals surface area contributed by atoms with E-state index in [1.54, 1.807) is 13.8 Å². The number of carbonyl (C=O) groups is 2. The molecule has 0 aliphatic heterocycles. The van der Waals surface area contributed by atoms with Gasteiger partial charge in [0.15, 0.2) is 14.9 Å². The molecule has 0 fully saturated rings. The molecule has 3 aromatic rings. The van der Waals surface area contributed by atoms with Crippen molar-refractivity contribution >= 4 is 38.9 Å². The monoisotopic (exact) mass is 475 g/mol. The number of hydrogen-bond donors (Lipinski definition) is 2. The standard InChI is InChI=1S/C21H21N3O6S2/c1-13(2)30-18-9-16(20(25)23-17-4-3-15(11-22-17)21(26)27)10-19(24-18)32(28,29)8-6-14-5-7-31-12-14/h3-5,7,9-13H,6,8H2,1-2H3,(H,26,27)(H,22,23,25). The molecule has 3 rings (SSSR count). The SMILES string of the molecule is CC(C)Oc1cc(C(=O)Nc2ccc(C(=O)O)cn2)cc(S(=O)(=O)CCc2ccsc2)n1. The van der Waals surface area contributed by atoms with E-state index in [1.807, 2.05) is 16.8 Å². The van der Waals surface area contributed by atoms with Gasteiger partial charge in [-0.05, 0) is 60.9 Å². The molecule has 0 unspecified atom stereocenters. The number of carbonyl (C=O) groups excluding carboxylic acids is 1. The van der Waals surface area contributed by atoms with E-state index in [9.17, 15) is 18.0 Å². The zero-order chi connectivity index (χ0) is 23.3. The van der Waals surface area contributed by atoms with Gasteiger partial charge in [0.2, 0.25) is 5.88 Å². The summed E-state index contributed by atoms with van der Waals surface area (Å²) in [6.07, 6.45) is 1.15. The van der Waals surface area contributed by atoms with E-state index >= 15 is 0 Å². The first kappa shape index (κ1) is 23.4. The Morgan fingerprint density at radius 2 is 1.97 bits per heavy atom.